The monoisotopic (exact) mass is 356 g/mol. The lowest BCUT2D eigenvalue weighted by Crippen LogP contribution is -2.17. The van der Waals surface area contributed by atoms with Crippen LogP contribution in [-0.2, 0) is 9.53 Å². The molecule has 1 N–H and O–H groups in total. The quantitative estimate of drug-likeness (QED) is 0.328. The second kappa shape index (κ2) is 9.22. The summed E-state index contributed by atoms with van der Waals surface area (Å²) in [4.78, 5) is 22.1. The van der Waals surface area contributed by atoms with Gasteiger partial charge in [-0.2, -0.15) is 0 Å². The molecule has 0 radical (unpaired) electrons. The molecule has 7 heteroatoms. The summed E-state index contributed by atoms with van der Waals surface area (Å²) < 4.78 is 10.3. The maximum Gasteiger partial charge on any atom is 0.330 e. The SMILES string of the molecule is CCC(/C=C/C(=O)OC)Nc1cc(Oc2ccccc2)ccc1[N+](=O)[O-]. The number of benzene rings is 2. The molecule has 2 aromatic carbocycles. The van der Waals surface area contributed by atoms with Gasteiger partial charge in [-0.15, -0.1) is 0 Å². The smallest absolute Gasteiger partial charge is 0.330 e. The molecule has 1 unspecified atom stereocenters. The highest BCUT2D eigenvalue weighted by Crippen LogP contribution is 2.32. The molecule has 0 saturated carbocycles. The number of carbonyl (C=O) groups excluding carboxylic acids is 1. The van der Waals surface area contributed by atoms with Crippen molar-refractivity contribution >= 4 is 17.3 Å². The number of ether oxygens (including phenoxy) is 2. The average Bonchev–Trinajstić information content (AvgIpc) is 2.65. The summed E-state index contributed by atoms with van der Waals surface area (Å²) >= 11 is 0. The maximum absolute atomic E-state index is 11.3. The van der Waals surface area contributed by atoms with Crippen LogP contribution in [0, 0.1) is 10.1 Å². The van der Waals surface area contributed by atoms with Crippen molar-refractivity contribution in [3.05, 3.63) is 70.8 Å². The summed E-state index contributed by atoms with van der Waals surface area (Å²) in [5.41, 5.74) is 0.236. The molecule has 0 bridgehead atoms. The van der Waals surface area contributed by atoms with E-state index in [0.717, 1.165) is 0 Å². The van der Waals surface area contributed by atoms with E-state index >= 15 is 0 Å². The van der Waals surface area contributed by atoms with Gasteiger partial charge in [0.15, 0.2) is 0 Å². The Balaban J connectivity index is 2.25. The molecule has 0 heterocycles. The van der Waals surface area contributed by atoms with Crippen molar-refractivity contribution in [2.45, 2.75) is 19.4 Å². The molecule has 0 aliphatic rings. The summed E-state index contributed by atoms with van der Waals surface area (Å²) in [6, 6.07) is 13.4. The van der Waals surface area contributed by atoms with E-state index in [1.807, 2.05) is 25.1 Å². The standard InChI is InChI=1S/C19H20N2O5/c1-3-14(9-12-19(22)25-2)20-17-13-16(10-11-18(17)21(23)24)26-15-7-5-4-6-8-15/h4-14,20H,3H2,1-2H3/b12-9+. The Labute approximate surface area is 151 Å². The molecular formula is C19H20N2O5. The van der Waals surface area contributed by atoms with E-state index in [1.165, 1.54) is 19.3 Å². The lowest BCUT2D eigenvalue weighted by Gasteiger charge is -2.15. The first-order valence-corrected chi connectivity index (χ1v) is 8.07. The van der Waals surface area contributed by atoms with Crippen molar-refractivity contribution in [1.82, 2.24) is 0 Å². The fraction of sp³-hybridized carbons (Fsp3) is 0.211. The molecule has 1 atom stereocenters. The molecule has 2 rings (SSSR count). The molecular weight excluding hydrogens is 336 g/mol. The van der Waals surface area contributed by atoms with Gasteiger partial charge in [-0.1, -0.05) is 31.2 Å². The Hall–Kier alpha value is -3.35. The number of nitro groups is 1. The van der Waals surface area contributed by atoms with Gasteiger partial charge in [-0.3, -0.25) is 10.1 Å². The minimum atomic E-state index is -0.485. The molecule has 0 aromatic heterocycles. The molecule has 0 amide bonds. The Bertz CT molecular complexity index is 790. The summed E-state index contributed by atoms with van der Waals surface area (Å²) in [5.74, 6) is 0.613. The zero-order chi connectivity index (χ0) is 18.9. The number of hydrogen-bond acceptors (Lipinski definition) is 6. The molecule has 26 heavy (non-hydrogen) atoms. The van der Waals surface area contributed by atoms with Crippen LogP contribution in [0.2, 0.25) is 0 Å². The highest BCUT2D eigenvalue weighted by atomic mass is 16.6. The Morgan fingerprint density at radius 1 is 1.23 bits per heavy atom. The Morgan fingerprint density at radius 2 is 1.96 bits per heavy atom. The fourth-order valence-electron chi connectivity index (χ4n) is 2.23. The average molecular weight is 356 g/mol. The summed E-state index contributed by atoms with van der Waals surface area (Å²) in [7, 11) is 1.29. The first-order chi connectivity index (χ1) is 12.5. The molecule has 0 fully saturated rings. The van der Waals surface area contributed by atoms with Crippen molar-refractivity contribution in [2.24, 2.45) is 0 Å². The van der Waals surface area contributed by atoms with Crippen molar-refractivity contribution in [3.63, 3.8) is 0 Å². The molecule has 2 aromatic rings. The number of anilines is 1. The Kier molecular flexibility index (Phi) is 6.73. The maximum atomic E-state index is 11.3. The third kappa shape index (κ3) is 5.34. The number of hydrogen-bond donors (Lipinski definition) is 1. The van der Waals surface area contributed by atoms with E-state index in [1.54, 1.807) is 30.3 Å². The molecule has 0 aliphatic carbocycles. The zero-order valence-corrected chi connectivity index (χ0v) is 14.5. The molecule has 7 nitrogen and oxygen atoms in total. The number of nitrogens with one attached hydrogen (secondary N) is 1. The third-order valence-electron chi connectivity index (χ3n) is 3.59. The highest BCUT2D eigenvalue weighted by molar-refractivity contribution is 5.82. The number of para-hydroxylation sites is 1. The largest absolute Gasteiger partial charge is 0.466 e. The van der Waals surface area contributed by atoms with Gasteiger partial charge in [-0.05, 0) is 24.6 Å². The van der Waals surface area contributed by atoms with Gasteiger partial charge >= 0.3 is 5.97 Å². The van der Waals surface area contributed by atoms with Crippen LogP contribution >= 0.6 is 0 Å². The predicted molar refractivity (Wildman–Crippen MR) is 98.5 cm³/mol. The summed E-state index contributed by atoms with van der Waals surface area (Å²) in [5, 5.41) is 14.4. The van der Waals surface area contributed by atoms with Crippen LogP contribution in [0.15, 0.2) is 60.7 Å². The van der Waals surface area contributed by atoms with Gasteiger partial charge < -0.3 is 14.8 Å². The number of carbonyl (C=O) groups is 1. The van der Waals surface area contributed by atoms with Crippen LogP contribution in [-0.4, -0.2) is 24.0 Å². The lowest BCUT2D eigenvalue weighted by atomic mass is 10.1. The first-order valence-electron chi connectivity index (χ1n) is 8.07. The van der Waals surface area contributed by atoms with Crippen molar-refractivity contribution < 1.29 is 19.2 Å². The van der Waals surface area contributed by atoms with Gasteiger partial charge in [0.2, 0.25) is 0 Å². The van der Waals surface area contributed by atoms with E-state index in [2.05, 4.69) is 10.1 Å². The number of nitro benzene ring substituents is 1. The van der Waals surface area contributed by atoms with Crippen molar-refractivity contribution in [1.29, 1.82) is 0 Å². The summed E-state index contributed by atoms with van der Waals surface area (Å²) in [6.07, 6.45) is 3.52. The number of methoxy groups -OCH3 is 1. The van der Waals surface area contributed by atoms with Crippen molar-refractivity contribution in [3.8, 4) is 11.5 Å². The second-order valence-corrected chi connectivity index (χ2v) is 5.39. The molecule has 0 aliphatic heterocycles. The van der Waals surface area contributed by atoms with E-state index in [9.17, 15) is 14.9 Å². The van der Waals surface area contributed by atoms with Gasteiger partial charge in [0.25, 0.3) is 5.69 Å². The normalized spacial score (nSPS) is 11.8. The van der Waals surface area contributed by atoms with Crippen LogP contribution in [0.25, 0.3) is 0 Å². The van der Waals surface area contributed by atoms with Gasteiger partial charge in [0.05, 0.1) is 12.0 Å². The lowest BCUT2D eigenvalue weighted by molar-refractivity contribution is -0.384. The zero-order valence-electron chi connectivity index (χ0n) is 14.5. The minimum absolute atomic E-state index is 0.0738. The van der Waals surface area contributed by atoms with Crippen LogP contribution in [0.4, 0.5) is 11.4 Å². The van der Waals surface area contributed by atoms with Crippen LogP contribution in [0.5, 0.6) is 11.5 Å². The van der Waals surface area contributed by atoms with Crippen molar-refractivity contribution in [2.75, 3.05) is 12.4 Å². The topological polar surface area (TPSA) is 90.7 Å². The van der Waals surface area contributed by atoms with E-state index in [-0.39, 0.29) is 11.7 Å². The second-order valence-electron chi connectivity index (χ2n) is 5.39. The fourth-order valence-corrected chi connectivity index (χ4v) is 2.23. The van der Waals surface area contributed by atoms with Crippen LogP contribution in [0.3, 0.4) is 0 Å². The minimum Gasteiger partial charge on any atom is -0.466 e. The highest BCUT2D eigenvalue weighted by Gasteiger charge is 2.17. The third-order valence-corrected chi connectivity index (χ3v) is 3.59. The van der Waals surface area contributed by atoms with E-state index in [0.29, 0.717) is 23.6 Å². The van der Waals surface area contributed by atoms with Gasteiger partial charge in [0.1, 0.15) is 17.2 Å². The van der Waals surface area contributed by atoms with E-state index in [4.69, 9.17) is 4.74 Å². The molecule has 0 saturated heterocycles. The first kappa shape index (κ1) is 19.0. The number of rotatable bonds is 8. The van der Waals surface area contributed by atoms with Crippen LogP contribution in [0.1, 0.15) is 13.3 Å². The van der Waals surface area contributed by atoms with Crippen LogP contribution < -0.4 is 10.1 Å². The number of esters is 1. The predicted octanol–water partition coefficient (Wildman–Crippen LogP) is 4.31. The van der Waals surface area contributed by atoms with Gasteiger partial charge in [-0.25, -0.2) is 4.79 Å². The summed E-state index contributed by atoms with van der Waals surface area (Å²) in [6.45, 7) is 1.90. The molecule has 0 spiro atoms. The Morgan fingerprint density at radius 3 is 2.58 bits per heavy atom. The van der Waals surface area contributed by atoms with E-state index < -0.39 is 10.9 Å². The van der Waals surface area contributed by atoms with Gasteiger partial charge in [0, 0.05) is 24.3 Å². The number of nitrogens with zero attached hydrogens (tertiary/aromatic N) is 1. The molecule has 136 valence electrons.